The highest BCUT2D eigenvalue weighted by Gasteiger charge is 2.27. The van der Waals surface area contributed by atoms with E-state index in [-0.39, 0.29) is 11.9 Å². The summed E-state index contributed by atoms with van der Waals surface area (Å²) in [4.78, 5) is 31.3. The van der Waals surface area contributed by atoms with Crippen LogP contribution in [0.15, 0.2) is 6.20 Å². The molecule has 0 aliphatic rings. The zero-order chi connectivity index (χ0) is 19.3. The summed E-state index contributed by atoms with van der Waals surface area (Å²) in [5, 5.41) is 0. The van der Waals surface area contributed by atoms with Crippen LogP contribution in [0, 0.1) is 0 Å². The van der Waals surface area contributed by atoms with Crippen molar-refractivity contribution in [2.24, 2.45) is 0 Å². The highest BCUT2D eigenvalue weighted by Crippen LogP contribution is 2.33. The molecule has 142 valence electrons. The Labute approximate surface area is 154 Å². The van der Waals surface area contributed by atoms with Crippen molar-refractivity contribution in [2.75, 3.05) is 13.2 Å². The summed E-state index contributed by atoms with van der Waals surface area (Å²) in [6.45, 7) is 10.2. The number of H-pyrrole nitrogens is 2. The number of carbonyl (C=O) groups is 2. The molecule has 0 bridgehead atoms. The third-order valence-corrected chi connectivity index (χ3v) is 4.48. The molecule has 0 fully saturated rings. The predicted octanol–water partition coefficient (Wildman–Crippen LogP) is 4.05. The lowest BCUT2D eigenvalue weighted by atomic mass is 10.00. The highest BCUT2D eigenvalue weighted by molar-refractivity contribution is 5.99. The quantitative estimate of drug-likeness (QED) is 0.696. The Balaban J connectivity index is 2.67. The SMILES string of the molecule is CCOC(=O)c1[nH]c(-c2[nH]cc(CC)c2C(=O)OCC)c(CC)c1CC. The molecule has 0 spiro atoms. The van der Waals surface area contributed by atoms with Gasteiger partial charge in [0.15, 0.2) is 0 Å². The van der Waals surface area contributed by atoms with Crippen molar-refractivity contribution < 1.29 is 19.1 Å². The van der Waals surface area contributed by atoms with Crippen molar-refractivity contribution in [3.05, 3.63) is 34.1 Å². The van der Waals surface area contributed by atoms with Crippen LogP contribution in [0.5, 0.6) is 0 Å². The smallest absolute Gasteiger partial charge is 0.355 e. The summed E-state index contributed by atoms with van der Waals surface area (Å²) in [6, 6.07) is 0. The van der Waals surface area contributed by atoms with Crippen molar-refractivity contribution in [2.45, 2.75) is 53.9 Å². The number of rotatable bonds is 8. The zero-order valence-electron chi connectivity index (χ0n) is 16.2. The summed E-state index contributed by atoms with van der Waals surface area (Å²) in [5.41, 5.74) is 5.27. The Morgan fingerprint density at radius 3 is 2.00 bits per heavy atom. The van der Waals surface area contributed by atoms with E-state index in [1.807, 2.05) is 27.0 Å². The van der Waals surface area contributed by atoms with E-state index in [2.05, 4.69) is 9.97 Å². The Kier molecular flexibility index (Phi) is 6.66. The molecule has 0 unspecified atom stereocenters. The van der Waals surface area contributed by atoms with Gasteiger partial charge in [-0.25, -0.2) is 9.59 Å². The molecule has 2 N–H and O–H groups in total. The molecule has 6 nitrogen and oxygen atoms in total. The molecule has 26 heavy (non-hydrogen) atoms. The van der Waals surface area contributed by atoms with Gasteiger partial charge in [0.1, 0.15) is 5.69 Å². The maximum absolute atomic E-state index is 12.5. The topological polar surface area (TPSA) is 84.2 Å². The molecule has 0 aliphatic carbocycles. The first-order chi connectivity index (χ1) is 12.5. The molecule has 0 aromatic carbocycles. The molecule has 0 saturated heterocycles. The Bertz CT molecular complexity index is 786. The number of hydrogen-bond acceptors (Lipinski definition) is 4. The molecule has 0 radical (unpaired) electrons. The van der Waals surface area contributed by atoms with Gasteiger partial charge in [-0.2, -0.15) is 0 Å². The number of nitrogens with one attached hydrogen (secondary N) is 2. The van der Waals surface area contributed by atoms with Crippen LogP contribution in [0.1, 0.15) is 72.2 Å². The fourth-order valence-electron chi connectivity index (χ4n) is 3.33. The largest absolute Gasteiger partial charge is 0.462 e. The lowest BCUT2D eigenvalue weighted by molar-refractivity contribution is 0.0513. The maximum Gasteiger partial charge on any atom is 0.355 e. The van der Waals surface area contributed by atoms with Gasteiger partial charge in [-0.15, -0.1) is 0 Å². The van der Waals surface area contributed by atoms with Crippen molar-refractivity contribution in [1.82, 2.24) is 9.97 Å². The molecular formula is C20H28N2O4. The number of aromatic nitrogens is 2. The van der Waals surface area contributed by atoms with E-state index < -0.39 is 0 Å². The van der Waals surface area contributed by atoms with Crippen LogP contribution in [0.25, 0.3) is 11.4 Å². The molecule has 2 heterocycles. The number of esters is 2. The van der Waals surface area contributed by atoms with Gasteiger partial charge in [0, 0.05) is 6.20 Å². The second-order valence-corrected chi connectivity index (χ2v) is 5.90. The van der Waals surface area contributed by atoms with Crippen LogP contribution in [0.2, 0.25) is 0 Å². The zero-order valence-corrected chi connectivity index (χ0v) is 16.2. The summed E-state index contributed by atoms with van der Waals surface area (Å²) >= 11 is 0. The van der Waals surface area contributed by atoms with E-state index in [9.17, 15) is 9.59 Å². The minimum absolute atomic E-state index is 0.312. The van der Waals surface area contributed by atoms with Crippen molar-refractivity contribution in [3.8, 4) is 11.4 Å². The summed E-state index contributed by atoms with van der Waals surface area (Å²) in [7, 11) is 0. The lowest BCUT2D eigenvalue weighted by Crippen LogP contribution is -2.08. The number of carbonyl (C=O) groups excluding carboxylic acids is 2. The first-order valence-electron chi connectivity index (χ1n) is 9.32. The monoisotopic (exact) mass is 360 g/mol. The van der Waals surface area contributed by atoms with Gasteiger partial charge < -0.3 is 19.4 Å². The van der Waals surface area contributed by atoms with Crippen molar-refractivity contribution >= 4 is 11.9 Å². The van der Waals surface area contributed by atoms with Crippen LogP contribution in [-0.2, 0) is 28.7 Å². The molecule has 0 saturated carbocycles. The molecule has 0 atom stereocenters. The summed E-state index contributed by atoms with van der Waals surface area (Å²) in [6.07, 6.45) is 3.97. The van der Waals surface area contributed by atoms with Crippen molar-refractivity contribution in [3.63, 3.8) is 0 Å². The third-order valence-electron chi connectivity index (χ3n) is 4.48. The van der Waals surface area contributed by atoms with Crippen LogP contribution in [-0.4, -0.2) is 35.1 Å². The van der Waals surface area contributed by atoms with Gasteiger partial charge >= 0.3 is 11.9 Å². The van der Waals surface area contributed by atoms with Gasteiger partial charge in [-0.05, 0) is 49.8 Å². The van der Waals surface area contributed by atoms with E-state index >= 15 is 0 Å². The minimum atomic E-state index is -0.370. The Morgan fingerprint density at radius 2 is 1.46 bits per heavy atom. The Morgan fingerprint density at radius 1 is 0.846 bits per heavy atom. The van der Waals surface area contributed by atoms with Gasteiger partial charge in [-0.3, -0.25) is 0 Å². The minimum Gasteiger partial charge on any atom is -0.462 e. The Hall–Kier alpha value is -2.50. The average molecular weight is 360 g/mol. The van der Waals surface area contributed by atoms with Crippen LogP contribution >= 0.6 is 0 Å². The fourth-order valence-corrected chi connectivity index (χ4v) is 3.33. The van der Waals surface area contributed by atoms with Gasteiger partial charge in [-0.1, -0.05) is 20.8 Å². The number of ether oxygens (including phenoxy) is 2. The second-order valence-electron chi connectivity index (χ2n) is 5.90. The highest BCUT2D eigenvalue weighted by atomic mass is 16.5. The van der Waals surface area contributed by atoms with Crippen LogP contribution in [0.4, 0.5) is 0 Å². The molecule has 6 heteroatoms. The molecule has 0 amide bonds. The summed E-state index contributed by atoms with van der Waals surface area (Å²) < 4.78 is 10.4. The van der Waals surface area contributed by atoms with Crippen LogP contribution in [0.3, 0.4) is 0 Å². The number of hydrogen-bond donors (Lipinski definition) is 2. The van der Waals surface area contributed by atoms with E-state index in [0.29, 0.717) is 43.0 Å². The molecule has 2 aromatic rings. The predicted molar refractivity (Wildman–Crippen MR) is 101 cm³/mol. The van der Waals surface area contributed by atoms with Crippen molar-refractivity contribution in [1.29, 1.82) is 0 Å². The van der Waals surface area contributed by atoms with E-state index in [1.54, 1.807) is 13.8 Å². The number of aryl methyl sites for hydroxylation is 1. The van der Waals surface area contributed by atoms with E-state index in [1.165, 1.54) is 0 Å². The fraction of sp³-hybridized carbons (Fsp3) is 0.500. The van der Waals surface area contributed by atoms with Gasteiger partial charge in [0.05, 0.1) is 30.2 Å². The molecule has 2 aromatic heterocycles. The second kappa shape index (κ2) is 8.74. The first kappa shape index (κ1) is 19.8. The van der Waals surface area contributed by atoms with E-state index in [4.69, 9.17) is 9.47 Å². The van der Waals surface area contributed by atoms with E-state index in [0.717, 1.165) is 28.8 Å². The molecular weight excluding hydrogens is 332 g/mol. The van der Waals surface area contributed by atoms with Gasteiger partial charge in [0.25, 0.3) is 0 Å². The lowest BCUT2D eigenvalue weighted by Gasteiger charge is -2.07. The van der Waals surface area contributed by atoms with Gasteiger partial charge in [0.2, 0.25) is 0 Å². The normalized spacial score (nSPS) is 10.8. The standard InChI is InChI=1S/C20H28N2O4/c1-6-12-11-21-18(15(12)19(23)25-9-4)16-13(7-2)14(8-3)17(22-16)20(24)26-10-5/h11,21-22H,6-10H2,1-5H3. The summed E-state index contributed by atoms with van der Waals surface area (Å²) in [5.74, 6) is -0.724. The maximum atomic E-state index is 12.5. The molecule has 2 rings (SSSR count). The first-order valence-corrected chi connectivity index (χ1v) is 9.32. The van der Waals surface area contributed by atoms with Crippen LogP contribution < -0.4 is 0 Å². The number of aromatic amines is 2. The average Bonchev–Trinajstić information content (AvgIpc) is 3.22. The third kappa shape index (κ3) is 3.54. The molecule has 0 aliphatic heterocycles.